The first kappa shape index (κ1) is 24.1. The number of amides is 2. The normalized spacial score (nSPS) is 20.7. The zero-order valence-corrected chi connectivity index (χ0v) is 20.2. The summed E-state index contributed by atoms with van der Waals surface area (Å²) in [6.07, 6.45) is -1.12. The van der Waals surface area contributed by atoms with Crippen LogP contribution in [-0.4, -0.2) is 44.2 Å². The first-order valence-electron chi connectivity index (χ1n) is 11.3. The van der Waals surface area contributed by atoms with Crippen LogP contribution in [0, 0.1) is 16.0 Å². The lowest BCUT2D eigenvalue weighted by atomic mass is 9.89. The summed E-state index contributed by atoms with van der Waals surface area (Å²) in [5.41, 5.74) is 1.27. The van der Waals surface area contributed by atoms with Crippen LogP contribution < -0.4 is 24.2 Å². The second-order valence-electron chi connectivity index (χ2n) is 8.37. The lowest BCUT2D eigenvalue weighted by Gasteiger charge is -2.30. The summed E-state index contributed by atoms with van der Waals surface area (Å²) < 4.78 is 16.7. The molecule has 2 amide bonds. The van der Waals surface area contributed by atoms with E-state index in [0.29, 0.717) is 28.5 Å². The number of nitro groups is 1. The van der Waals surface area contributed by atoms with Gasteiger partial charge in [0.15, 0.2) is 17.6 Å². The Morgan fingerprint density at radius 2 is 1.49 bits per heavy atom. The molecule has 5 rings (SSSR count). The summed E-state index contributed by atoms with van der Waals surface area (Å²) in [6, 6.07) is 17.0. The Hall–Kier alpha value is -4.64. The Labute approximate surface area is 211 Å². The number of methoxy groups -OCH3 is 3. The standard InChI is InChI=1S/C26H23N3O8/c1-34-19-14-13-18(22(35-2)23(19)36-3)21-20-24(37-28(21)16-7-5-4-6-8-16)26(31)27(25(20)30)15-9-11-17(12-10-15)29(32)33/h4-14,20-21,24H,1-3H3/t20-,21+,24+/m1/s1. The van der Waals surface area contributed by atoms with Crippen molar-refractivity contribution in [3.63, 3.8) is 0 Å². The van der Waals surface area contributed by atoms with Gasteiger partial charge in [0.25, 0.3) is 11.6 Å². The maximum absolute atomic E-state index is 13.8. The Morgan fingerprint density at radius 1 is 0.811 bits per heavy atom. The van der Waals surface area contributed by atoms with Crippen molar-refractivity contribution in [2.75, 3.05) is 31.3 Å². The molecule has 0 radical (unpaired) electrons. The number of nitrogens with zero attached hydrogens (tertiary/aromatic N) is 3. The first-order valence-corrected chi connectivity index (χ1v) is 11.3. The number of carbonyl (C=O) groups excluding carboxylic acids is 2. The van der Waals surface area contributed by atoms with Crippen molar-refractivity contribution >= 4 is 28.9 Å². The maximum Gasteiger partial charge on any atom is 0.269 e. The third-order valence-electron chi connectivity index (χ3n) is 6.50. The summed E-state index contributed by atoms with van der Waals surface area (Å²) in [5, 5.41) is 12.6. The van der Waals surface area contributed by atoms with Gasteiger partial charge in [-0.15, -0.1) is 0 Å². The number of imide groups is 1. The summed E-state index contributed by atoms with van der Waals surface area (Å²) >= 11 is 0. The Kier molecular flexibility index (Phi) is 6.14. The van der Waals surface area contributed by atoms with Crippen LogP contribution in [0.25, 0.3) is 0 Å². The van der Waals surface area contributed by atoms with Crippen molar-refractivity contribution in [2.24, 2.45) is 5.92 Å². The molecule has 2 saturated heterocycles. The van der Waals surface area contributed by atoms with Crippen LogP contribution in [0.4, 0.5) is 17.1 Å². The second kappa shape index (κ2) is 9.43. The van der Waals surface area contributed by atoms with E-state index >= 15 is 0 Å². The van der Waals surface area contributed by atoms with Gasteiger partial charge in [-0.05, 0) is 36.4 Å². The van der Waals surface area contributed by atoms with Crippen molar-refractivity contribution in [3.8, 4) is 17.2 Å². The van der Waals surface area contributed by atoms with Crippen LogP contribution in [0.15, 0.2) is 66.7 Å². The van der Waals surface area contributed by atoms with Gasteiger partial charge in [0.1, 0.15) is 12.0 Å². The molecule has 2 fully saturated rings. The number of hydroxylamine groups is 1. The van der Waals surface area contributed by atoms with Gasteiger partial charge in [-0.3, -0.25) is 24.5 Å². The number of rotatable bonds is 7. The number of para-hydroxylation sites is 1. The van der Waals surface area contributed by atoms with E-state index in [1.54, 1.807) is 17.2 Å². The molecule has 11 heteroatoms. The van der Waals surface area contributed by atoms with E-state index in [9.17, 15) is 19.7 Å². The van der Waals surface area contributed by atoms with Crippen LogP contribution in [0.1, 0.15) is 11.6 Å². The van der Waals surface area contributed by atoms with Crippen molar-refractivity contribution < 1.29 is 33.6 Å². The number of carbonyl (C=O) groups is 2. The number of hydrogen-bond donors (Lipinski definition) is 0. The van der Waals surface area contributed by atoms with Gasteiger partial charge in [-0.2, -0.15) is 0 Å². The number of fused-ring (bicyclic) bond motifs is 1. The Morgan fingerprint density at radius 3 is 2.08 bits per heavy atom. The van der Waals surface area contributed by atoms with Crippen LogP contribution in [-0.2, 0) is 14.4 Å². The minimum Gasteiger partial charge on any atom is -0.493 e. The highest BCUT2D eigenvalue weighted by Crippen LogP contribution is 2.52. The first-order chi connectivity index (χ1) is 17.9. The summed E-state index contributed by atoms with van der Waals surface area (Å²) in [6.45, 7) is 0. The summed E-state index contributed by atoms with van der Waals surface area (Å²) in [5.74, 6) is -0.883. The van der Waals surface area contributed by atoms with Crippen LogP contribution in [0.3, 0.4) is 0 Å². The fraction of sp³-hybridized carbons (Fsp3) is 0.231. The number of benzene rings is 3. The molecule has 0 saturated carbocycles. The highest BCUT2D eigenvalue weighted by molar-refractivity contribution is 6.24. The van der Waals surface area contributed by atoms with Gasteiger partial charge in [-0.25, -0.2) is 9.96 Å². The Bertz CT molecular complexity index is 1360. The fourth-order valence-electron chi connectivity index (χ4n) is 4.86. The molecule has 11 nitrogen and oxygen atoms in total. The molecule has 37 heavy (non-hydrogen) atoms. The SMILES string of the molecule is COc1ccc([C@H]2[C@H]3C(=O)N(c4ccc([N+](=O)[O-])cc4)C(=O)[C@H]3ON2c2ccccc2)c(OC)c1OC. The van der Waals surface area contributed by atoms with Gasteiger partial charge < -0.3 is 14.2 Å². The minimum atomic E-state index is -1.12. The van der Waals surface area contributed by atoms with E-state index in [-0.39, 0.29) is 11.4 Å². The highest BCUT2D eigenvalue weighted by atomic mass is 16.7. The molecule has 3 aromatic rings. The molecule has 2 aliphatic heterocycles. The molecule has 0 spiro atoms. The summed E-state index contributed by atoms with van der Waals surface area (Å²) in [4.78, 5) is 45.0. The number of anilines is 2. The van der Waals surface area contributed by atoms with E-state index in [0.717, 1.165) is 4.90 Å². The molecule has 190 valence electrons. The van der Waals surface area contributed by atoms with Crippen molar-refractivity contribution in [1.29, 1.82) is 0 Å². The molecule has 0 aromatic heterocycles. The lowest BCUT2D eigenvalue weighted by Crippen LogP contribution is -2.37. The number of hydrogen-bond acceptors (Lipinski definition) is 9. The highest BCUT2D eigenvalue weighted by Gasteiger charge is 2.61. The number of nitro benzene ring substituents is 1. The molecule has 2 heterocycles. The molecule has 0 unspecified atom stereocenters. The fourth-order valence-corrected chi connectivity index (χ4v) is 4.86. The molecule has 0 N–H and O–H groups in total. The van der Waals surface area contributed by atoms with Gasteiger partial charge in [0, 0.05) is 17.7 Å². The topological polar surface area (TPSA) is 121 Å². The molecule has 2 aliphatic rings. The zero-order valence-electron chi connectivity index (χ0n) is 20.2. The van der Waals surface area contributed by atoms with E-state index in [1.807, 2.05) is 30.3 Å². The van der Waals surface area contributed by atoms with Gasteiger partial charge in [0.05, 0.1) is 37.6 Å². The summed E-state index contributed by atoms with van der Waals surface area (Å²) in [7, 11) is 4.46. The predicted octanol–water partition coefficient (Wildman–Crippen LogP) is 3.67. The van der Waals surface area contributed by atoms with Gasteiger partial charge in [0.2, 0.25) is 11.7 Å². The quantitative estimate of drug-likeness (QED) is 0.269. The van der Waals surface area contributed by atoms with Crippen molar-refractivity contribution in [2.45, 2.75) is 12.1 Å². The van der Waals surface area contributed by atoms with E-state index in [4.69, 9.17) is 19.0 Å². The largest absolute Gasteiger partial charge is 0.493 e. The average Bonchev–Trinajstić information content (AvgIpc) is 3.43. The number of ether oxygens (including phenoxy) is 3. The van der Waals surface area contributed by atoms with Crippen LogP contribution in [0.5, 0.6) is 17.2 Å². The monoisotopic (exact) mass is 505 g/mol. The zero-order chi connectivity index (χ0) is 26.3. The van der Waals surface area contributed by atoms with Gasteiger partial charge in [-0.1, -0.05) is 18.2 Å². The van der Waals surface area contributed by atoms with Crippen LogP contribution >= 0.6 is 0 Å². The number of non-ortho nitro benzene ring substituents is 1. The third kappa shape index (κ3) is 3.80. The Balaban J connectivity index is 1.63. The second-order valence-corrected chi connectivity index (χ2v) is 8.37. The van der Waals surface area contributed by atoms with Gasteiger partial charge >= 0.3 is 0 Å². The average molecular weight is 505 g/mol. The van der Waals surface area contributed by atoms with E-state index in [2.05, 4.69) is 0 Å². The smallest absolute Gasteiger partial charge is 0.269 e. The molecule has 3 atom stereocenters. The minimum absolute atomic E-state index is 0.150. The molecule has 0 bridgehead atoms. The lowest BCUT2D eigenvalue weighted by molar-refractivity contribution is -0.384. The third-order valence-corrected chi connectivity index (χ3v) is 6.50. The molecular formula is C26H23N3O8. The van der Waals surface area contributed by atoms with Crippen molar-refractivity contribution in [3.05, 3.63) is 82.4 Å². The maximum atomic E-state index is 13.8. The van der Waals surface area contributed by atoms with E-state index in [1.165, 1.54) is 45.6 Å². The van der Waals surface area contributed by atoms with E-state index < -0.39 is 34.8 Å². The molecule has 3 aromatic carbocycles. The van der Waals surface area contributed by atoms with Crippen LogP contribution in [0.2, 0.25) is 0 Å². The van der Waals surface area contributed by atoms with Crippen molar-refractivity contribution in [1.82, 2.24) is 0 Å². The molecule has 0 aliphatic carbocycles. The predicted molar refractivity (Wildman–Crippen MR) is 132 cm³/mol. The molecular weight excluding hydrogens is 482 g/mol.